The Morgan fingerprint density at radius 3 is 2.47 bits per heavy atom. The standard InChI is InChI=1S/C30H46/c1-20-18-23(4)24(5)27(19-20)14-13-26-8-7-17-30(6)28(15-16-29(26)30)22(3)10-9-21(2)25-11-12-25/h9-10,13-14,20-23,25,28-29H,5,7-8,11-12,15-19H2,1-4,6H3/b10-9+,26-13+,27-14+/t20-,21-,22+,23-,28+,29-,30+/m0/s1. The van der Waals surface area contributed by atoms with Gasteiger partial charge in [0.15, 0.2) is 0 Å². The lowest BCUT2D eigenvalue weighted by Gasteiger charge is -2.44. The predicted octanol–water partition coefficient (Wildman–Crippen LogP) is 8.92. The SMILES string of the molecule is C=C1/C(=C/C=C2\CCC[C@]3(C)[C@@H]([C@H](C)/C=C/[C@H](C)C4CC4)CC[C@@H]23)C[C@@H](C)C[C@@H]1C. The number of fused-ring (bicyclic) bond motifs is 1. The van der Waals surface area contributed by atoms with Crippen LogP contribution in [0.15, 0.2) is 47.6 Å². The van der Waals surface area contributed by atoms with E-state index < -0.39 is 0 Å². The fourth-order valence-electron chi connectivity index (χ4n) is 7.44. The Kier molecular flexibility index (Phi) is 6.53. The zero-order valence-electron chi connectivity index (χ0n) is 20.4. The highest BCUT2D eigenvalue weighted by Gasteiger charge is 2.50. The molecule has 4 aliphatic carbocycles. The van der Waals surface area contributed by atoms with Gasteiger partial charge in [-0.3, -0.25) is 0 Å². The molecular weight excluding hydrogens is 360 g/mol. The summed E-state index contributed by atoms with van der Waals surface area (Å²) < 4.78 is 0. The van der Waals surface area contributed by atoms with Crippen molar-refractivity contribution in [1.29, 1.82) is 0 Å². The molecule has 30 heavy (non-hydrogen) atoms. The number of rotatable bonds is 5. The van der Waals surface area contributed by atoms with Crippen molar-refractivity contribution in [3.8, 4) is 0 Å². The minimum Gasteiger partial charge on any atom is -0.0953 e. The van der Waals surface area contributed by atoms with E-state index in [-0.39, 0.29) is 0 Å². The summed E-state index contributed by atoms with van der Waals surface area (Å²) in [7, 11) is 0. The molecule has 166 valence electrons. The van der Waals surface area contributed by atoms with Crippen LogP contribution in [-0.2, 0) is 0 Å². The Morgan fingerprint density at radius 1 is 1.00 bits per heavy atom. The van der Waals surface area contributed by atoms with Gasteiger partial charge in [-0.05, 0) is 116 Å². The van der Waals surface area contributed by atoms with E-state index in [1.165, 1.54) is 68.9 Å². The average Bonchev–Trinajstić information content (AvgIpc) is 3.49. The van der Waals surface area contributed by atoms with Crippen LogP contribution in [-0.4, -0.2) is 0 Å². The molecule has 0 nitrogen and oxygen atoms in total. The van der Waals surface area contributed by atoms with Crippen LogP contribution < -0.4 is 0 Å². The lowest BCUT2D eigenvalue weighted by molar-refractivity contribution is 0.112. The van der Waals surface area contributed by atoms with Gasteiger partial charge < -0.3 is 0 Å². The molecular formula is C30H46. The summed E-state index contributed by atoms with van der Waals surface area (Å²) in [4.78, 5) is 0. The van der Waals surface area contributed by atoms with Crippen LogP contribution in [0, 0.1) is 46.8 Å². The van der Waals surface area contributed by atoms with E-state index in [1.807, 2.05) is 0 Å². The fraction of sp³-hybridized carbons (Fsp3) is 0.733. The Bertz CT molecular complexity index is 729. The third-order valence-corrected chi connectivity index (χ3v) is 9.59. The van der Waals surface area contributed by atoms with Crippen molar-refractivity contribution >= 4 is 0 Å². The van der Waals surface area contributed by atoms with Crippen molar-refractivity contribution in [2.75, 3.05) is 0 Å². The van der Waals surface area contributed by atoms with Crippen LogP contribution in [0.25, 0.3) is 0 Å². The second-order valence-corrected chi connectivity index (χ2v) is 11.9. The minimum atomic E-state index is 0.499. The molecule has 0 heteroatoms. The summed E-state index contributed by atoms with van der Waals surface area (Å²) in [6.45, 7) is 16.8. The van der Waals surface area contributed by atoms with Gasteiger partial charge in [-0.2, -0.15) is 0 Å². The van der Waals surface area contributed by atoms with E-state index in [0.717, 1.165) is 35.5 Å². The van der Waals surface area contributed by atoms with Gasteiger partial charge in [0, 0.05) is 0 Å². The zero-order valence-corrected chi connectivity index (χ0v) is 20.4. The molecule has 0 aromatic heterocycles. The summed E-state index contributed by atoms with van der Waals surface area (Å²) in [5.74, 6) is 5.60. The van der Waals surface area contributed by atoms with E-state index in [4.69, 9.17) is 0 Å². The van der Waals surface area contributed by atoms with Gasteiger partial charge in [0.25, 0.3) is 0 Å². The van der Waals surface area contributed by atoms with Crippen LogP contribution in [0.1, 0.15) is 92.4 Å². The van der Waals surface area contributed by atoms with E-state index in [2.05, 4.69) is 65.5 Å². The smallest absolute Gasteiger partial charge is 0.0143 e. The topological polar surface area (TPSA) is 0 Å². The zero-order chi connectivity index (χ0) is 21.5. The van der Waals surface area contributed by atoms with Crippen molar-refractivity contribution in [3.63, 3.8) is 0 Å². The van der Waals surface area contributed by atoms with Crippen LogP contribution in [0.4, 0.5) is 0 Å². The Morgan fingerprint density at radius 2 is 1.73 bits per heavy atom. The molecule has 4 fully saturated rings. The van der Waals surface area contributed by atoms with Gasteiger partial charge in [0.05, 0.1) is 0 Å². The van der Waals surface area contributed by atoms with Crippen molar-refractivity contribution < 1.29 is 0 Å². The summed E-state index contributed by atoms with van der Waals surface area (Å²) in [5, 5.41) is 0. The van der Waals surface area contributed by atoms with Crippen LogP contribution in [0.3, 0.4) is 0 Å². The monoisotopic (exact) mass is 406 g/mol. The first kappa shape index (κ1) is 22.2. The second kappa shape index (κ2) is 8.84. The molecule has 0 saturated heterocycles. The van der Waals surface area contributed by atoms with Gasteiger partial charge in [0.1, 0.15) is 0 Å². The summed E-state index contributed by atoms with van der Waals surface area (Å²) in [6, 6.07) is 0. The maximum atomic E-state index is 4.44. The summed E-state index contributed by atoms with van der Waals surface area (Å²) in [5.41, 5.74) is 5.18. The molecule has 0 amide bonds. The van der Waals surface area contributed by atoms with Gasteiger partial charge in [-0.15, -0.1) is 0 Å². The molecule has 4 saturated carbocycles. The first-order valence-corrected chi connectivity index (χ1v) is 13.1. The van der Waals surface area contributed by atoms with Crippen LogP contribution in [0.2, 0.25) is 0 Å². The molecule has 7 atom stereocenters. The maximum Gasteiger partial charge on any atom is -0.0143 e. The quantitative estimate of drug-likeness (QED) is 0.400. The fourth-order valence-corrected chi connectivity index (χ4v) is 7.44. The Hall–Kier alpha value is -1.04. The molecule has 0 aliphatic heterocycles. The highest BCUT2D eigenvalue weighted by molar-refractivity contribution is 5.37. The lowest BCUT2D eigenvalue weighted by Crippen LogP contribution is -2.35. The second-order valence-electron chi connectivity index (χ2n) is 11.9. The molecule has 0 N–H and O–H groups in total. The third-order valence-electron chi connectivity index (χ3n) is 9.59. The first-order chi connectivity index (χ1) is 14.3. The van der Waals surface area contributed by atoms with Gasteiger partial charge in [-0.25, -0.2) is 0 Å². The van der Waals surface area contributed by atoms with E-state index in [0.29, 0.717) is 11.3 Å². The molecule has 0 bridgehead atoms. The van der Waals surface area contributed by atoms with Crippen LogP contribution >= 0.6 is 0 Å². The van der Waals surface area contributed by atoms with E-state index in [9.17, 15) is 0 Å². The summed E-state index contributed by atoms with van der Waals surface area (Å²) in [6.07, 6.45) is 22.5. The molecule has 0 aromatic rings. The molecule has 0 heterocycles. The minimum absolute atomic E-state index is 0.499. The van der Waals surface area contributed by atoms with Crippen LogP contribution in [0.5, 0.6) is 0 Å². The Labute approximate surface area is 187 Å². The van der Waals surface area contributed by atoms with E-state index >= 15 is 0 Å². The van der Waals surface area contributed by atoms with Gasteiger partial charge in [-0.1, -0.05) is 71.1 Å². The van der Waals surface area contributed by atoms with Gasteiger partial charge in [0.2, 0.25) is 0 Å². The Balaban J connectivity index is 1.48. The molecule has 4 rings (SSSR count). The molecule has 0 aromatic carbocycles. The first-order valence-electron chi connectivity index (χ1n) is 13.1. The van der Waals surface area contributed by atoms with Crippen molar-refractivity contribution in [3.05, 3.63) is 47.6 Å². The van der Waals surface area contributed by atoms with Crippen molar-refractivity contribution in [2.24, 2.45) is 46.8 Å². The lowest BCUT2D eigenvalue weighted by atomic mass is 9.61. The molecule has 4 aliphatic rings. The van der Waals surface area contributed by atoms with Gasteiger partial charge >= 0.3 is 0 Å². The predicted molar refractivity (Wildman–Crippen MR) is 131 cm³/mol. The average molecular weight is 407 g/mol. The third kappa shape index (κ3) is 4.44. The van der Waals surface area contributed by atoms with Crippen molar-refractivity contribution in [2.45, 2.75) is 92.4 Å². The number of hydrogen-bond donors (Lipinski definition) is 0. The normalized spacial score (nSPS) is 42.1. The highest BCUT2D eigenvalue weighted by Crippen LogP contribution is 2.59. The highest BCUT2D eigenvalue weighted by atomic mass is 14.5. The molecule has 0 radical (unpaired) electrons. The van der Waals surface area contributed by atoms with Crippen molar-refractivity contribution in [1.82, 2.24) is 0 Å². The number of allylic oxidation sites excluding steroid dienone is 7. The summed E-state index contributed by atoms with van der Waals surface area (Å²) >= 11 is 0. The molecule has 0 unspecified atom stereocenters. The largest absolute Gasteiger partial charge is 0.0953 e. The van der Waals surface area contributed by atoms with E-state index in [1.54, 1.807) is 5.57 Å². The maximum absolute atomic E-state index is 4.44. The number of hydrogen-bond acceptors (Lipinski definition) is 0. The molecule has 0 spiro atoms.